The molecular weight excluding hydrogens is 202 g/mol. The van der Waals surface area contributed by atoms with E-state index in [-0.39, 0.29) is 0 Å². The lowest BCUT2D eigenvalue weighted by Crippen LogP contribution is -1.80. The van der Waals surface area contributed by atoms with Crippen molar-refractivity contribution in [3.05, 3.63) is 30.4 Å². The Bertz CT molecular complexity index is 649. The molecule has 0 unspecified atom stereocenters. The zero-order valence-corrected chi connectivity index (χ0v) is 9.10. The average Bonchev–Trinajstić information content (AvgIpc) is 2.83. The summed E-state index contributed by atoms with van der Waals surface area (Å²) in [6.45, 7) is 2.01. The van der Waals surface area contributed by atoms with Gasteiger partial charge in [-0.05, 0) is 18.6 Å². The highest BCUT2D eigenvalue weighted by molar-refractivity contribution is 5.75. The van der Waals surface area contributed by atoms with E-state index in [4.69, 9.17) is 0 Å². The van der Waals surface area contributed by atoms with Gasteiger partial charge in [0.1, 0.15) is 5.69 Å². The molecule has 3 aromatic heterocycles. The van der Waals surface area contributed by atoms with E-state index in [9.17, 15) is 0 Å². The van der Waals surface area contributed by atoms with Crippen LogP contribution in [0, 0.1) is 6.92 Å². The fourth-order valence-electron chi connectivity index (χ4n) is 1.66. The number of hydrogen-bond donors (Lipinski definition) is 1. The van der Waals surface area contributed by atoms with Crippen LogP contribution in [0.15, 0.2) is 24.8 Å². The molecule has 0 radical (unpaired) electrons. The van der Waals surface area contributed by atoms with Crippen LogP contribution in [0.25, 0.3) is 22.7 Å². The number of hydrogen-bond acceptors (Lipinski definition) is 3. The number of aromatic amines is 1. The molecule has 0 spiro atoms. The van der Waals surface area contributed by atoms with Gasteiger partial charge in [0.05, 0.1) is 11.8 Å². The first kappa shape index (κ1) is 9.08. The van der Waals surface area contributed by atoms with Crippen LogP contribution in [0.5, 0.6) is 0 Å². The van der Waals surface area contributed by atoms with Gasteiger partial charge in [0.25, 0.3) is 0 Å². The molecule has 3 rings (SSSR count). The molecule has 80 valence electrons. The molecule has 0 saturated heterocycles. The minimum absolute atomic E-state index is 0.728. The van der Waals surface area contributed by atoms with Crippen molar-refractivity contribution in [1.82, 2.24) is 24.5 Å². The third-order valence-electron chi connectivity index (χ3n) is 2.42. The first-order chi connectivity index (χ1) is 7.72. The molecule has 5 heteroatoms. The third kappa shape index (κ3) is 1.37. The maximum atomic E-state index is 4.39. The SMILES string of the molecule is Cc1cnc2nc(-c3cn(C)cn3)[nH]c2c1. The van der Waals surface area contributed by atoms with Crippen LogP contribution in [0.1, 0.15) is 5.56 Å². The van der Waals surface area contributed by atoms with Crippen LogP contribution in [-0.4, -0.2) is 24.5 Å². The number of H-pyrrole nitrogens is 1. The van der Waals surface area contributed by atoms with Gasteiger partial charge in [-0.25, -0.2) is 15.0 Å². The third-order valence-corrected chi connectivity index (χ3v) is 2.42. The number of aromatic nitrogens is 5. The number of rotatable bonds is 1. The van der Waals surface area contributed by atoms with Gasteiger partial charge in [-0.2, -0.15) is 0 Å². The van der Waals surface area contributed by atoms with Crippen molar-refractivity contribution in [3.63, 3.8) is 0 Å². The van der Waals surface area contributed by atoms with Crippen LogP contribution in [0.4, 0.5) is 0 Å². The largest absolute Gasteiger partial charge is 0.340 e. The molecule has 0 amide bonds. The van der Waals surface area contributed by atoms with Crippen LogP contribution in [0.2, 0.25) is 0 Å². The molecule has 5 nitrogen and oxygen atoms in total. The van der Waals surface area contributed by atoms with E-state index in [2.05, 4.69) is 19.9 Å². The predicted molar refractivity (Wildman–Crippen MR) is 60.8 cm³/mol. The van der Waals surface area contributed by atoms with E-state index in [0.29, 0.717) is 0 Å². The summed E-state index contributed by atoms with van der Waals surface area (Å²) in [5.74, 6) is 0.758. The predicted octanol–water partition coefficient (Wildman–Crippen LogP) is 1.67. The summed E-state index contributed by atoms with van der Waals surface area (Å²) < 4.78 is 1.89. The van der Waals surface area contributed by atoms with Crippen LogP contribution in [0.3, 0.4) is 0 Å². The van der Waals surface area contributed by atoms with Gasteiger partial charge < -0.3 is 9.55 Å². The van der Waals surface area contributed by atoms with Crippen LogP contribution < -0.4 is 0 Å². The first-order valence-corrected chi connectivity index (χ1v) is 5.03. The Morgan fingerprint density at radius 1 is 1.31 bits per heavy atom. The quantitative estimate of drug-likeness (QED) is 0.668. The number of nitrogens with zero attached hydrogens (tertiary/aromatic N) is 4. The topological polar surface area (TPSA) is 59.4 Å². The van der Waals surface area contributed by atoms with Gasteiger partial charge in [0.2, 0.25) is 0 Å². The molecule has 0 aromatic carbocycles. The Balaban J connectivity index is 2.18. The Kier molecular flexibility index (Phi) is 1.80. The van der Waals surface area contributed by atoms with E-state index in [1.165, 1.54) is 0 Å². The average molecular weight is 213 g/mol. The number of imidazole rings is 2. The summed E-state index contributed by atoms with van der Waals surface area (Å²) in [7, 11) is 1.93. The highest BCUT2D eigenvalue weighted by atomic mass is 15.1. The summed E-state index contributed by atoms with van der Waals surface area (Å²) in [6, 6.07) is 2.03. The van der Waals surface area contributed by atoms with Gasteiger partial charge in [-0.3, -0.25) is 0 Å². The number of aryl methyl sites for hydroxylation is 2. The minimum atomic E-state index is 0.728. The van der Waals surface area contributed by atoms with Crippen LogP contribution in [-0.2, 0) is 7.05 Å². The summed E-state index contributed by atoms with van der Waals surface area (Å²) in [5, 5.41) is 0. The summed E-state index contributed by atoms with van der Waals surface area (Å²) in [6.07, 6.45) is 5.48. The zero-order valence-electron chi connectivity index (χ0n) is 9.10. The van der Waals surface area contributed by atoms with Gasteiger partial charge in [0.15, 0.2) is 11.5 Å². The Morgan fingerprint density at radius 3 is 2.94 bits per heavy atom. The highest BCUT2D eigenvalue weighted by Gasteiger charge is 2.08. The van der Waals surface area contributed by atoms with Gasteiger partial charge >= 0.3 is 0 Å². The standard InChI is InChI=1S/C11H11N5/c1-7-3-8-10(12-4-7)15-11(14-8)9-5-16(2)6-13-9/h3-6H,1-2H3,(H,12,14,15). The number of nitrogens with one attached hydrogen (secondary N) is 1. The minimum Gasteiger partial charge on any atom is -0.340 e. The summed E-state index contributed by atoms with van der Waals surface area (Å²) in [4.78, 5) is 16.1. The Hall–Kier alpha value is -2.17. The van der Waals surface area contributed by atoms with Crippen LogP contribution >= 0.6 is 0 Å². The first-order valence-electron chi connectivity index (χ1n) is 5.03. The second kappa shape index (κ2) is 3.16. The fourth-order valence-corrected chi connectivity index (χ4v) is 1.66. The molecule has 0 saturated carbocycles. The molecule has 16 heavy (non-hydrogen) atoms. The normalized spacial score (nSPS) is 11.1. The molecule has 3 aromatic rings. The fraction of sp³-hybridized carbons (Fsp3) is 0.182. The van der Waals surface area contributed by atoms with Crippen molar-refractivity contribution in [3.8, 4) is 11.5 Å². The number of fused-ring (bicyclic) bond motifs is 1. The zero-order chi connectivity index (χ0) is 11.1. The molecule has 0 fully saturated rings. The van der Waals surface area contributed by atoms with E-state index in [1.807, 2.05) is 37.0 Å². The Labute approximate surface area is 92.2 Å². The second-order valence-corrected chi connectivity index (χ2v) is 3.89. The lowest BCUT2D eigenvalue weighted by molar-refractivity contribution is 0.913. The van der Waals surface area contributed by atoms with E-state index in [1.54, 1.807) is 6.33 Å². The smallest absolute Gasteiger partial charge is 0.178 e. The molecule has 0 aliphatic rings. The lowest BCUT2D eigenvalue weighted by atomic mass is 10.3. The monoisotopic (exact) mass is 213 g/mol. The lowest BCUT2D eigenvalue weighted by Gasteiger charge is -1.88. The molecule has 1 N–H and O–H groups in total. The number of pyridine rings is 1. The van der Waals surface area contributed by atoms with E-state index >= 15 is 0 Å². The highest BCUT2D eigenvalue weighted by Crippen LogP contribution is 2.17. The van der Waals surface area contributed by atoms with Gasteiger partial charge in [0, 0.05) is 19.4 Å². The van der Waals surface area contributed by atoms with Crippen molar-refractivity contribution in [1.29, 1.82) is 0 Å². The van der Waals surface area contributed by atoms with Crippen molar-refractivity contribution in [2.75, 3.05) is 0 Å². The Morgan fingerprint density at radius 2 is 2.19 bits per heavy atom. The summed E-state index contributed by atoms with van der Waals surface area (Å²) >= 11 is 0. The van der Waals surface area contributed by atoms with E-state index in [0.717, 1.165) is 28.2 Å². The maximum Gasteiger partial charge on any atom is 0.178 e. The second-order valence-electron chi connectivity index (χ2n) is 3.89. The molecule has 0 aliphatic carbocycles. The van der Waals surface area contributed by atoms with Crippen molar-refractivity contribution >= 4 is 11.2 Å². The molecule has 0 aliphatic heterocycles. The van der Waals surface area contributed by atoms with E-state index < -0.39 is 0 Å². The molecular formula is C11H11N5. The molecule has 0 atom stereocenters. The molecule has 3 heterocycles. The molecule has 0 bridgehead atoms. The van der Waals surface area contributed by atoms with Crippen molar-refractivity contribution in [2.45, 2.75) is 6.92 Å². The maximum absolute atomic E-state index is 4.39. The van der Waals surface area contributed by atoms with Gasteiger partial charge in [-0.15, -0.1) is 0 Å². The van der Waals surface area contributed by atoms with Crippen molar-refractivity contribution < 1.29 is 0 Å². The van der Waals surface area contributed by atoms with Crippen molar-refractivity contribution in [2.24, 2.45) is 7.05 Å². The summed E-state index contributed by atoms with van der Waals surface area (Å²) in [5.41, 5.74) is 3.62. The van der Waals surface area contributed by atoms with Gasteiger partial charge in [-0.1, -0.05) is 0 Å².